The maximum atomic E-state index is 14.0. The van der Waals surface area contributed by atoms with Gasteiger partial charge in [0.1, 0.15) is 5.82 Å². The smallest absolute Gasteiger partial charge is 0.268 e. The van der Waals surface area contributed by atoms with Crippen LogP contribution in [0.3, 0.4) is 0 Å². The quantitative estimate of drug-likeness (QED) is 0.545. The second kappa shape index (κ2) is 6.20. The Hall–Kier alpha value is -3.32. The third kappa shape index (κ3) is 2.49. The lowest BCUT2D eigenvalue weighted by Crippen LogP contribution is -2.39. The lowest BCUT2D eigenvalue weighted by atomic mass is 10.2. The minimum absolute atomic E-state index is 0.000932. The maximum absolute atomic E-state index is 14.0. The summed E-state index contributed by atoms with van der Waals surface area (Å²) in [5, 5.41) is 7.36. The van der Waals surface area contributed by atoms with Crippen molar-refractivity contribution < 1.29 is 4.39 Å². The van der Waals surface area contributed by atoms with E-state index >= 15 is 0 Å². The zero-order valence-electron chi connectivity index (χ0n) is 13.1. The van der Waals surface area contributed by atoms with Gasteiger partial charge < -0.3 is 0 Å². The first kappa shape index (κ1) is 16.2. The van der Waals surface area contributed by atoms with Gasteiger partial charge in [0.05, 0.1) is 21.6 Å². The molecule has 2 aromatic carbocycles. The van der Waals surface area contributed by atoms with Gasteiger partial charge in [0.25, 0.3) is 5.56 Å². The maximum Gasteiger partial charge on any atom is 0.342 e. The van der Waals surface area contributed by atoms with Crippen molar-refractivity contribution in [2.24, 2.45) is 0 Å². The van der Waals surface area contributed by atoms with Crippen molar-refractivity contribution in [2.45, 2.75) is 0 Å². The van der Waals surface area contributed by atoms with Crippen LogP contribution in [0, 0.1) is 5.82 Å². The van der Waals surface area contributed by atoms with Crippen LogP contribution in [-0.2, 0) is 0 Å². The summed E-state index contributed by atoms with van der Waals surface area (Å²) >= 11 is 5.89. The fourth-order valence-electron chi connectivity index (χ4n) is 2.74. The predicted molar refractivity (Wildman–Crippen MR) is 95.7 cm³/mol. The number of aromatic nitrogens is 4. The Kier molecular flexibility index (Phi) is 3.85. The molecule has 0 amide bonds. The lowest BCUT2D eigenvalue weighted by molar-refractivity contribution is 0.629. The summed E-state index contributed by atoms with van der Waals surface area (Å²) in [5.74, 6) is -0.704. The van der Waals surface area contributed by atoms with Gasteiger partial charge in [-0.25, -0.2) is 13.8 Å². The summed E-state index contributed by atoms with van der Waals surface area (Å²) in [6.07, 6.45) is 1.42. The van der Waals surface area contributed by atoms with Crippen molar-refractivity contribution in [1.29, 1.82) is 0 Å². The summed E-state index contributed by atoms with van der Waals surface area (Å²) < 4.78 is 16.1. The van der Waals surface area contributed by atoms with Gasteiger partial charge in [-0.15, -0.1) is 5.10 Å². The van der Waals surface area contributed by atoms with Crippen LogP contribution in [0.15, 0.2) is 70.4 Å². The highest BCUT2D eigenvalue weighted by atomic mass is 35.5. The molecule has 0 aliphatic rings. The van der Waals surface area contributed by atoms with Crippen LogP contribution in [0.1, 0.15) is 0 Å². The zero-order valence-corrected chi connectivity index (χ0v) is 13.9. The third-order valence-corrected chi connectivity index (χ3v) is 4.19. The molecule has 0 unspecified atom stereocenters. The molecule has 0 spiro atoms. The second-order valence-electron chi connectivity index (χ2n) is 5.46. The van der Waals surface area contributed by atoms with E-state index in [4.69, 9.17) is 11.6 Å². The van der Waals surface area contributed by atoms with E-state index < -0.39 is 17.1 Å². The van der Waals surface area contributed by atoms with Gasteiger partial charge in [0, 0.05) is 6.20 Å². The highest BCUT2D eigenvalue weighted by Gasteiger charge is 2.18. The van der Waals surface area contributed by atoms with Crippen LogP contribution in [0.4, 0.5) is 4.39 Å². The molecule has 0 aliphatic carbocycles. The molecule has 4 rings (SSSR count). The van der Waals surface area contributed by atoms with Crippen LogP contribution >= 0.6 is 11.6 Å². The van der Waals surface area contributed by atoms with E-state index in [1.807, 2.05) is 0 Å². The molecular formula is C18H10ClFN4O2. The van der Waals surface area contributed by atoms with E-state index in [0.717, 1.165) is 10.6 Å². The molecule has 4 aromatic rings. The van der Waals surface area contributed by atoms with Crippen molar-refractivity contribution in [3.8, 4) is 11.5 Å². The molecule has 0 saturated carbocycles. The summed E-state index contributed by atoms with van der Waals surface area (Å²) in [6.45, 7) is 0. The molecule has 0 radical (unpaired) electrons. The number of fused-ring (bicyclic) bond motifs is 1. The molecule has 128 valence electrons. The predicted octanol–water partition coefficient (Wildman–Crippen LogP) is 2.72. The number of hydrogen-bond acceptors (Lipinski definition) is 4. The highest BCUT2D eigenvalue weighted by molar-refractivity contribution is 6.31. The van der Waals surface area contributed by atoms with Gasteiger partial charge in [-0.05, 0) is 36.4 Å². The molecule has 26 heavy (non-hydrogen) atoms. The minimum Gasteiger partial charge on any atom is -0.268 e. The molecule has 0 saturated heterocycles. The molecule has 2 heterocycles. The van der Waals surface area contributed by atoms with E-state index in [1.54, 1.807) is 36.4 Å². The topological polar surface area (TPSA) is 69.8 Å². The van der Waals surface area contributed by atoms with Crippen LogP contribution in [0.5, 0.6) is 0 Å². The van der Waals surface area contributed by atoms with Crippen LogP contribution in [0.2, 0.25) is 5.02 Å². The Labute approximate surface area is 150 Å². The first-order valence-corrected chi connectivity index (χ1v) is 7.96. The Bertz CT molecular complexity index is 1240. The number of hydrogen-bond donors (Lipinski definition) is 0. The Morgan fingerprint density at radius 1 is 0.962 bits per heavy atom. The third-order valence-electron chi connectivity index (χ3n) is 3.90. The molecule has 0 bridgehead atoms. The monoisotopic (exact) mass is 368 g/mol. The molecule has 0 N–H and O–H groups in total. The summed E-state index contributed by atoms with van der Waals surface area (Å²) in [4.78, 5) is 26.0. The molecule has 0 aliphatic heterocycles. The fraction of sp³-hybridized carbons (Fsp3) is 0. The largest absolute Gasteiger partial charge is 0.342 e. The number of nitrogens with zero attached hydrogens (tertiary/aromatic N) is 4. The average Bonchev–Trinajstić information content (AvgIpc) is 2.66. The molecule has 0 fully saturated rings. The van der Waals surface area contributed by atoms with E-state index in [9.17, 15) is 14.0 Å². The van der Waals surface area contributed by atoms with E-state index in [0.29, 0.717) is 5.69 Å². The van der Waals surface area contributed by atoms with E-state index in [2.05, 4.69) is 10.2 Å². The van der Waals surface area contributed by atoms with Crippen molar-refractivity contribution >= 4 is 22.5 Å². The zero-order chi connectivity index (χ0) is 18.3. The van der Waals surface area contributed by atoms with Crippen LogP contribution in [0.25, 0.3) is 22.4 Å². The lowest BCUT2D eigenvalue weighted by Gasteiger charge is -2.14. The van der Waals surface area contributed by atoms with Gasteiger partial charge in [-0.3, -0.25) is 9.36 Å². The second-order valence-corrected chi connectivity index (χ2v) is 5.87. The molecule has 6 nitrogen and oxygen atoms in total. The van der Waals surface area contributed by atoms with Gasteiger partial charge >= 0.3 is 5.69 Å². The average molecular weight is 369 g/mol. The molecular weight excluding hydrogens is 359 g/mol. The van der Waals surface area contributed by atoms with Crippen LogP contribution < -0.4 is 11.2 Å². The fourth-order valence-corrected chi connectivity index (χ4v) is 2.90. The molecule has 2 aromatic heterocycles. The van der Waals surface area contributed by atoms with Gasteiger partial charge in [0.2, 0.25) is 0 Å². The van der Waals surface area contributed by atoms with Crippen molar-refractivity contribution in [2.75, 3.05) is 0 Å². The standard InChI is InChI=1S/C18H10ClFN4O2/c19-13-10-15-12(9-14(13)20)17(25)24(16-7-4-8-21-22-16)18(26)23(15)11-5-2-1-3-6-11/h1-10H. The van der Waals surface area contributed by atoms with Crippen molar-refractivity contribution in [1.82, 2.24) is 19.3 Å². The Morgan fingerprint density at radius 2 is 1.73 bits per heavy atom. The summed E-state index contributed by atoms with van der Waals surface area (Å²) in [6, 6.07) is 14.0. The van der Waals surface area contributed by atoms with Crippen molar-refractivity contribution in [3.63, 3.8) is 0 Å². The molecule has 0 atom stereocenters. The van der Waals surface area contributed by atoms with E-state index in [1.165, 1.54) is 22.9 Å². The highest BCUT2D eigenvalue weighted by Crippen LogP contribution is 2.22. The number of para-hydroxylation sites is 1. The Balaban J connectivity index is 2.24. The minimum atomic E-state index is -0.750. The summed E-state index contributed by atoms with van der Waals surface area (Å²) in [5.41, 5.74) is -0.648. The van der Waals surface area contributed by atoms with Crippen molar-refractivity contribution in [3.05, 3.63) is 92.5 Å². The van der Waals surface area contributed by atoms with Crippen LogP contribution in [-0.4, -0.2) is 19.3 Å². The number of halogens is 2. The summed E-state index contributed by atoms with van der Waals surface area (Å²) in [7, 11) is 0. The first-order valence-electron chi connectivity index (χ1n) is 7.58. The van der Waals surface area contributed by atoms with E-state index in [-0.39, 0.29) is 21.7 Å². The van der Waals surface area contributed by atoms with Gasteiger partial charge in [-0.2, -0.15) is 5.10 Å². The number of rotatable bonds is 2. The van der Waals surface area contributed by atoms with Gasteiger partial charge in [-0.1, -0.05) is 29.8 Å². The normalized spacial score (nSPS) is 11.0. The first-order chi connectivity index (χ1) is 12.6. The SMILES string of the molecule is O=c1c2cc(F)c(Cl)cc2n(-c2ccccc2)c(=O)n1-c1cccnn1. The Morgan fingerprint density at radius 3 is 2.42 bits per heavy atom. The van der Waals surface area contributed by atoms with Gasteiger partial charge in [0.15, 0.2) is 5.82 Å². The number of benzene rings is 2. The molecule has 8 heteroatoms.